The molecule has 5 aromatic carbocycles. The van der Waals surface area contributed by atoms with Gasteiger partial charge in [-0.05, 0) is 74.1 Å². The van der Waals surface area contributed by atoms with Gasteiger partial charge < -0.3 is 4.98 Å². The zero-order chi connectivity index (χ0) is 20.0. The first kappa shape index (κ1) is 16.2. The van der Waals surface area contributed by atoms with Gasteiger partial charge in [-0.2, -0.15) is 0 Å². The molecule has 1 N–H and O–H groups in total. The van der Waals surface area contributed by atoms with Gasteiger partial charge in [-0.1, -0.05) is 68.4 Å². The number of hydrogen-bond acceptors (Lipinski definition) is 0. The van der Waals surface area contributed by atoms with Crippen molar-refractivity contribution < 1.29 is 0 Å². The van der Waals surface area contributed by atoms with E-state index in [9.17, 15) is 0 Å². The minimum atomic E-state index is -0.0467. The third-order valence-corrected chi connectivity index (χ3v) is 7.10. The van der Waals surface area contributed by atoms with Crippen molar-refractivity contribution in [3.8, 4) is 11.1 Å². The highest BCUT2D eigenvalue weighted by molar-refractivity contribution is 6.16. The average Bonchev–Trinajstić information content (AvgIpc) is 3.22. The molecule has 0 saturated heterocycles. The lowest BCUT2D eigenvalue weighted by Crippen LogP contribution is -2.15. The van der Waals surface area contributed by atoms with Crippen LogP contribution in [0.5, 0.6) is 0 Å². The van der Waals surface area contributed by atoms with E-state index in [0.29, 0.717) is 0 Å². The highest BCUT2D eigenvalue weighted by Gasteiger charge is 2.38. The van der Waals surface area contributed by atoms with Crippen LogP contribution in [-0.4, -0.2) is 4.98 Å². The Morgan fingerprint density at radius 3 is 1.97 bits per heavy atom. The molecule has 0 atom stereocenters. The van der Waals surface area contributed by atoms with Crippen LogP contribution >= 0.6 is 0 Å². The van der Waals surface area contributed by atoms with Gasteiger partial charge in [0.15, 0.2) is 0 Å². The van der Waals surface area contributed by atoms with Gasteiger partial charge in [0.1, 0.15) is 0 Å². The van der Waals surface area contributed by atoms with Crippen LogP contribution in [-0.2, 0) is 5.41 Å². The Morgan fingerprint density at radius 2 is 1.23 bits per heavy atom. The monoisotopic (exact) mass is 383 g/mol. The van der Waals surface area contributed by atoms with Crippen LogP contribution in [0.1, 0.15) is 25.0 Å². The first-order valence-corrected chi connectivity index (χ1v) is 10.6. The molecule has 0 spiro atoms. The summed E-state index contributed by atoms with van der Waals surface area (Å²) in [5, 5.41) is 7.90. The van der Waals surface area contributed by atoms with Crippen molar-refractivity contribution in [2.24, 2.45) is 0 Å². The van der Waals surface area contributed by atoms with Crippen molar-refractivity contribution in [2.75, 3.05) is 0 Å². The van der Waals surface area contributed by atoms with Crippen LogP contribution in [0.2, 0.25) is 0 Å². The second-order valence-corrected chi connectivity index (χ2v) is 9.15. The van der Waals surface area contributed by atoms with Gasteiger partial charge in [-0.25, -0.2) is 0 Å². The molecule has 1 aliphatic carbocycles. The third-order valence-electron chi connectivity index (χ3n) is 7.10. The zero-order valence-corrected chi connectivity index (χ0v) is 17.1. The molecular formula is C29H21N. The highest BCUT2D eigenvalue weighted by atomic mass is 14.7. The molecule has 1 aliphatic rings. The van der Waals surface area contributed by atoms with Crippen molar-refractivity contribution in [1.29, 1.82) is 0 Å². The summed E-state index contributed by atoms with van der Waals surface area (Å²) < 4.78 is 0. The first-order valence-electron chi connectivity index (χ1n) is 10.6. The maximum absolute atomic E-state index is 3.70. The Balaban J connectivity index is 1.64. The number of aromatic amines is 1. The Morgan fingerprint density at radius 1 is 0.600 bits per heavy atom. The average molecular weight is 383 g/mol. The molecule has 7 rings (SSSR count). The molecule has 0 aliphatic heterocycles. The number of rotatable bonds is 0. The lowest BCUT2D eigenvalue weighted by molar-refractivity contribution is 0.667. The summed E-state index contributed by atoms with van der Waals surface area (Å²) in [5.41, 5.74) is 8.03. The van der Waals surface area contributed by atoms with Crippen LogP contribution in [0.3, 0.4) is 0 Å². The summed E-state index contributed by atoms with van der Waals surface area (Å²) in [6, 6.07) is 31.4. The Labute approximate surface area is 175 Å². The van der Waals surface area contributed by atoms with Crippen LogP contribution < -0.4 is 0 Å². The third kappa shape index (κ3) is 1.92. The van der Waals surface area contributed by atoms with Crippen LogP contribution in [0.25, 0.3) is 54.5 Å². The van der Waals surface area contributed by atoms with E-state index in [1.165, 1.54) is 65.6 Å². The van der Waals surface area contributed by atoms with Gasteiger partial charge in [-0.15, -0.1) is 0 Å². The Kier molecular flexibility index (Phi) is 2.88. The van der Waals surface area contributed by atoms with E-state index in [1.54, 1.807) is 0 Å². The molecule has 1 aromatic heterocycles. The quantitative estimate of drug-likeness (QED) is 0.274. The standard InChI is InChI=1S/C29H21N/c1-29(2)24-15-19-9-5-3-7-17(19)13-22(24)21-11-12-25-27(28(21)29)23-14-18-8-4-6-10-20(18)16-26(23)30-25/h3-16,30H,1-2H3. The smallest absolute Gasteiger partial charge is 0.0471 e. The molecule has 1 nitrogen and oxygen atoms in total. The zero-order valence-electron chi connectivity index (χ0n) is 17.1. The number of hydrogen-bond donors (Lipinski definition) is 1. The summed E-state index contributed by atoms with van der Waals surface area (Å²) in [4.78, 5) is 3.70. The lowest BCUT2D eigenvalue weighted by Gasteiger charge is -2.23. The highest BCUT2D eigenvalue weighted by Crippen LogP contribution is 2.53. The molecule has 1 heteroatoms. The van der Waals surface area contributed by atoms with Crippen molar-refractivity contribution in [1.82, 2.24) is 4.98 Å². The van der Waals surface area contributed by atoms with Gasteiger partial charge in [0.2, 0.25) is 0 Å². The Hall–Kier alpha value is -3.58. The van der Waals surface area contributed by atoms with Crippen molar-refractivity contribution >= 4 is 43.4 Å². The molecule has 142 valence electrons. The molecule has 6 aromatic rings. The minimum absolute atomic E-state index is 0.0467. The molecule has 0 unspecified atom stereocenters. The molecule has 1 heterocycles. The fourth-order valence-electron chi connectivity index (χ4n) is 5.67. The molecule has 0 saturated carbocycles. The normalized spacial score (nSPS) is 14.6. The molecule has 0 fully saturated rings. The number of fused-ring (bicyclic) bond motifs is 9. The van der Waals surface area contributed by atoms with Gasteiger partial charge >= 0.3 is 0 Å². The lowest BCUT2D eigenvalue weighted by atomic mass is 9.80. The van der Waals surface area contributed by atoms with Gasteiger partial charge in [0, 0.05) is 27.2 Å². The summed E-state index contributed by atoms with van der Waals surface area (Å²) in [5.74, 6) is 0. The van der Waals surface area contributed by atoms with Crippen LogP contribution in [0, 0.1) is 0 Å². The number of benzene rings is 5. The predicted octanol–water partition coefficient (Wildman–Crippen LogP) is 7.93. The predicted molar refractivity (Wildman–Crippen MR) is 128 cm³/mol. The second-order valence-electron chi connectivity index (χ2n) is 9.15. The summed E-state index contributed by atoms with van der Waals surface area (Å²) in [6.07, 6.45) is 0. The minimum Gasteiger partial charge on any atom is -0.354 e. The van der Waals surface area contributed by atoms with E-state index in [2.05, 4.69) is 104 Å². The summed E-state index contributed by atoms with van der Waals surface area (Å²) in [6.45, 7) is 4.76. The Bertz CT molecular complexity index is 1660. The van der Waals surface area contributed by atoms with E-state index >= 15 is 0 Å². The largest absolute Gasteiger partial charge is 0.354 e. The van der Waals surface area contributed by atoms with Crippen molar-refractivity contribution in [3.63, 3.8) is 0 Å². The second kappa shape index (κ2) is 5.31. The van der Waals surface area contributed by atoms with Crippen LogP contribution in [0.15, 0.2) is 84.9 Å². The van der Waals surface area contributed by atoms with Crippen molar-refractivity contribution in [3.05, 3.63) is 96.1 Å². The topological polar surface area (TPSA) is 15.8 Å². The first-order chi connectivity index (χ1) is 14.6. The molecular weight excluding hydrogens is 362 g/mol. The number of H-pyrrole nitrogens is 1. The number of aromatic nitrogens is 1. The number of nitrogens with one attached hydrogen (secondary N) is 1. The van der Waals surface area contributed by atoms with E-state index in [-0.39, 0.29) is 5.41 Å². The molecule has 0 amide bonds. The molecule has 0 radical (unpaired) electrons. The maximum Gasteiger partial charge on any atom is 0.0471 e. The van der Waals surface area contributed by atoms with Crippen LogP contribution in [0.4, 0.5) is 0 Å². The maximum atomic E-state index is 3.70. The van der Waals surface area contributed by atoms with Gasteiger partial charge in [0.25, 0.3) is 0 Å². The van der Waals surface area contributed by atoms with Crippen molar-refractivity contribution in [2.45, 2.75) is 19.3 Å². The fourth-order valence-corrected chi connectivity index (χ4v) is 5.67. The van der Waals surface area contributed by atoms with E-state index in [0.717, 1.165) is 0 Å². The van der Waals surface area contributed by atoms with E-state index in [4.69, 9.17) is 0 Å². The summed E-state index contributed by atoms with van der Waals surface area (Å²) >= 11 is 0. The molecule has 30 heavy (non-hydrogen) atoms. The van der Waals surface area contributed by atoms with Gasteiger partial charge in [-0.3, -0.25) is 0 Å². The molecule has 0 bridgehead atoms. The fraction of sp³-hybridized carbons (Fsp3) is 0.103. The van der Waals surface area contributed by atoms with E-state index < -0.39 is 0 Å². The summed E-state index contributed by atoms with van der Waals surface area (Å²) in [7, 11) is 0. The SMILES string of the molecule is CC1(C)c2cc3ccccc3cc2-c2ccc3[nH]c4cc5ccccc5cc4c3c21. The van der Waals surface area contributed by atoms with E-state index in [1.807, 2.05) is 0 Å². The van der Waals surface area contributed by atoms with Gasteiger partial charge in [0.05, 0.1) is 0 Å².